The van der Waals surface area contributed by atoms with Gasteiger partial charge in [0, 0.05) is 30.6 Å². The number of carbonyl (C=O) groups excluding carboxylic acids is 1. The van der Waals surface area contributed by atoms with Crippen molar-refractivity contribution in [3.05, 3.63) is 29.6 Å². The van der Waals surface area contributed by atoms with Gasteiger partial charge >= 0.3 is 0 Å². The summed E-state index contributed by atoms with van der Waals surface area (Å²) in [5.74, 6) is 1.48. The third-order valence-corrected chi connectivity index (χ3v) is 4.17. The number of thioether (sulfide) groups is 1. The summed E-state index contributed by atoms with van der Waals surface area (Å²) in [5.41, 5.74) is 8.12. The first-order valence-corrected chi connectivity index (χ1v) is 7.60. The molecule has 1 aromatic carbocycles. The van der Waals surface area contributed by atoms with E-state index in [1.54, 1.807) is 6.07 Å². The molecule has 0 aliphatic rings. The Bertz CT molecular complexity index is 653. The second-order valence-corrected chi connectivity index (χ2v) is 5.87. The van der Waals surface area contributed by atoms with Crippen molar-refractivity contribution in [3.8, 4) is 0 Å². The van der Waals surface area contributed by atoms with Crippen LogP contribution in [0.3, 0.4) is 0 Å². The molecule has 1 heterocycles. The first kappa shape index (κ1) is 15.4. The normalized spacial score (nSPS) is 10.6. The number of aromatic nitrogens is 3. The van der Waals surface area contributed by atoms with Gasteiger partial charge in [-0.05, 0) is 31.5 Å². The Hall–Kier alpha value is -2.02. The third kappa shape index (κ3) is 3.98. The van der Waals surface area contributed by atoms with Gasteiger partial charge in [-0.1, -0.05) is 17.8 Å². The van der Waals surface area contributed by atoms with Crippen molar-refractivity contribution in [2.24, 2.45) is 7.05 Å². The minimum Gasteiger partial charge on any atom is -0.399 e. The van der Waals surface area contributed by atoms with Crippen molar-refractivity contribution in [2.45, 2.75) is 25.4 Å². The molecule has 0 bridgehead atoms. The second-order valence-electron chi connectivity index (χ2n) is 4.81. The average molecular weight is 305 g/mol. The Morgan fingerprint density at radius 2 is 2.14 bits per heavy atom. The molecule has 3 N–H and O–H groups in total. The highest BCUT2D eigenvalue weighted by molar-refractivity contribution is 7.99. The minimum absolute atomic E-state index is 0.0323. The van der Waals surface area contributed by atoms with Crippen molar-refractivity contribution < 1.29 is 4.79 Å². The van der Waals surface area contributed by atoms with E-state index < -0.39 is 0 Å². The number of nitrogens with two attached hydrogens (primary N) is 1. The lowest BCUT2D eigenvalue weighted by molar-refractivity contribution is -0.115. The molecule has 1 aromatic heterocycles. The monoisotopic (exact) mass is 305 g/mol. The number of rotatable bonds is 5. The van der Waals surface area contributed by atoms with Gasteiger partial charge in [-0.25, -0.2) is 0 Å². The molecule has 112 valence electrons. The molecule has 6 nitrogen and oxygen atoms in total. The summed E-state index contributed by atoms with van der Waals surface area (Å²) >= 11 is 1.52. The number of benzene rings is 1. The topological polar surface area (TPSA) is 85.8 Å². The number of anilines is 2. The molecule has 0 unspecified atom stereocenters. The summed E-state index contributed by atoms with van der Waals surface area (Å²) in [6.45, 7) is 3.83. The third-order valence-electron chi connectivity index (χ3n) is 3.15. The van der Waals surface area contributed by atoms with Gasteiger partial charge in [0.05, 0.1) is 0 Å². The van der Waals surface area contributed by atoms with Crippen LogP contribution in [0.1, 0.15) is 17.8 Å². The molecule has 2 rings (SSSR count). The van der Waals surface area contributed by atoms with E-state index in [4.69, 9.17) is 5.73 Å². The average Bonchev–Trinajstić information content (AvgIpc) is 2.75. The number of hydrogen-bond acceptors (Lipinski definition) is 5. The van der Waals surface area contributed by atoms with Crippen LogP contribution < -0.4 is 11.1 Å². The van der Waals surface area contributed by atoms with Gasteiger partial charge in [0.1, 0.15) is 5.82 Å². The number of amides is 1. The van der Waals surface area contributed by atoms with Gasteiger partial charge in [0.25, 0.3) is 0 Å². The Balaban J connectivity index is 1.85. The van der Waals surface area contributed by atoms with Crippen LogP contribution in [0, 0.1) is 13.8 Å². The fourth-order valence-corrected chi connectivity index (χ4v) is 2.63. The standard InChI is InChI=1S/C14H19N5OS/c1-9-4-5-11(15)8-12(9)16-13(20)6-7-21-14-18-17-10(2)19(14)3/h4-5,8H,6-7,15H2,1-3H3,(H,16,20). The lowest BCUT2D eigenvalue weighted by Gasteiger charge is -2.09. The predicted molar refractivity (Wildman–Crippen MR) is 85.3 cm³/mol. The van der Waals surface area contributed by atoms with Crippen LogP contribution in [0.15, 0.2) is 23.4 Å². The first-order chi connectivity index (χ1) is 9.97. The van der Waals surface area contributed by atoms with E-state index >= 15 is 0 Å². The van der Waals surface area contributed by atoms with Crippen LogP contribution in [0.4, 0.5) is 11.4 Å². The highest BCUT2D eigenvalue weighted by Crippen LogP contribution is 2.19. The van der Waals surface area contributed by atoms with Crippen LogP contribution in [-0.2, 0) is 11.8 Å². The molecule has 0 radical (unpaired) electrons. The quantitative estimate of drug-likeness (QED) is 0.653. The zero-order valence-electron chi connectivity index (χ0n) is 12.4. The summed E-state index contributed by atoms with van der Waals surface area (Å²) in [4.78, 5) is 11.9. The molecule has 7 heteroatoms. The molecule has 0 atom stereocenters. The molecule has 1 amide bonds. The minimum atomic E-state index is -0.0323. The van der Waals surface area contributed by atoms with E-state index in [1.807, 2.05) is 37.6 Å². The maximum atomic E-state index is 11.9. The summed E-state index contributed by atoms with van der Waals surface area (Å²) in [7, 11) is 1.91. The maximum absolute atomic E-state index is 11.9. The predicted octanol–water partition coefficient (Wildman–Crippen LogP) is 2.14. The summed E-state index contributed by atoms with van der Waals surface area (Å²) in [6.07, 6.45) is 0.408. The summed E-state index contributed by atoms with van der Waals surface area (Å²) < 4.78 is 1.91. The Labute approximate surface area is 128 Å². The Morgan fingerprint density at radius 1 is 1.38 bits per heavy atom. The van der Waals surface area contributed by atoms with E-state index in [9.17, 15) is 4.79 Å². The summed E-state index contributed by atoms with van der Waals surface area (Å²) in [5, 5.41) is 11.7. The second kappa shape index (κ2) is 6.62. The van der Waals surface area contributed by atoms with E-state index in [0.717, 1.165) is 22.2 Å². The Kier molecular flexibility index (Phi) is 4.85. The number of nitrogens with one attached hydrogen (secondary N) is 1. The fraction of sp³-hybridized carbons (Fsp3) is 0.357. The van der Waals surface area contributed by atoms with Gasteiger partial charge in [-0.2, -0.15) is 0 Å². The van der Waals surface area contributed by atoms with Crippen molar-refractivity contribution in [3.63, 3.8) is 0 Å². The SMILES string of the molecule is Cc1ccc(N)cc1NC(=O)CCSc1nnc(C)n1C. The molecule has 21 heavy (non-hydrogen) atoms. The van der Waals surface area contributed by atoms with Gasteiger partial charge in [0.15, 0.2) is 5.16 Å². The lowest BCUT2D eigenvalue weighted by atomic mass is 10.2. The highest BCUT2D eigenvalue weighted by Gasteiger charge is 2.08. The van der Waals surface area contributed by atoms with Gasteiger partial charge in [0.2, 0.25) is 5.91 Å². The van der Waals surface area contributed by atoms with Crippen molar-refractivity contribution in [1.29, 1.82) is 0 Å². The zero-order valence-corrected chi connectivity index (χ0v) is 13.2. The molecule has 2 aromatic rings. The molecule has 0 saturated carbocycles. The van der Waals surface area contributed by atoms with Crippen LogP contribution >= 0.6 is 11.8 Å². The molecule has 0 spiro atoms. The van der Waals surface area contributed by atoms with Crippen LogP contribution in [0.2, 0.25) is 0 Å². The van der Waals surface area contributed by atoms with E-state index in [2.05, 4.69) is 15.5 Å². The van der Waals surface area contributed by atoms with Gasteiger partial charge in [-0.3, -0.25) is 4.79 Å². The molecule has 0 aliphatic heterocycles. The zero-order chi connectivity index (χ0) is 15.4. The van der Waals surface area contributed by atoms with Crippen LogP contribution in [0.25, 0.3) is 0 Å². The molecule has 0 saturated heterocycles. The number of hydrogen-bond donors (Lipinski definition) is 2. The fourth-order valence-electron chi connectivity index (χ4n) is 1.74. The van der Waals surface area contributed by atoms with E-state index in [1.165, 1.54) is 11.8 Å². The molecule has 0 aliphatic carbocycles. The lowest BCUT2D eigenvalue weighted by Crippen LogP contribution is -2.13. The van der Waals surface area contributed by atoms with Crippen molar-refractivity contribution in [1.82, 2.24) is 14.8 Å². The highest BCUT2D eigenvalue weighted by atomic mass is 32.2. The van der Waals surface area contributed by atoms with Crippen molar-refractivity contribution >= 4 is 29.0 Å². The van der Waals surface area contributed by atoms with Gasteiger partial charge in [-0.15, -0.1) is 10.2 Å². The van der Waals surface area contributed by atoms with E-state index in [-0.39, 0.29) is 5.91 Å². The Morgan fingerprint density at radius 3 is 2.81 bits per heavy atom. The first-order valence-electron chi connectivity index (χ1n) is 6.62. The smallest absolute Gasteiger partial charge is 0.225 e. The van der Waals surface area contributed by atoms with E-state index in [0.29, 0.717) is 17.9 Å². The van der Waals surface area contributed by atoms with Crippen LogP contribution in [0.5, 0.6) is 0 Å². The number of carbonyl (C=O) groups is 1. The van der Waals surface area contributed by atoms with Gasteiger partial charge < -0.3 is 15.6 Å². The molecule has 0 fully saturated rings. The van der Waals surface area contributed by atoms with Crippen molar-refractivity contribution in [2.75, 3.05) is 16.8 Å². The number of nitrogens with zero attached hydrogens (tertiary/aromatic N) is 3. The number of aryl methyl sites for hydroxylation is 2. The van der Waals surface area contributed by atoms with Crippen LogP contribution in [-0.4, -0.2) is 26.4 Å². The maximum Gasteiger partial charge on any atom is 0.225 e. The largest absolute Gasteiger partial charge is 0.399 e. The summed E-state index contributed by atoms with van der Waals surface area (Å²) in [6, 6.07) is 5.48. The molecular formula is C14H19N5OS. The number of nitrogen functional groups attached to an aromatic ring is 1. The molecular weight excluding hydrogens is 286 g/mol.